The molecule has 16 heteroatoms. The molecule has 2 aromatic heterocycles. The quantitative estimate of drug-likeness (QED) is 0.109. The lowest BCUT2D eigenvalue weighted by molar-refractivity contribution is -0.173. The number of fused-ring (bicyclic) bond motifs is 1. The third-order valence-corrected chi connectivity index (χ3v) is 7.06. The number of aliphatic hydroxyl groups excluding tert-OH is 2. The van der Waals surface area contributed by atoms with E-state index in [1.165, 1.54) is 16.6 Å². The molecule has 0 fully saturated rings. The van der Waals surface area contributed by atoms with Gasteiger partial charge in [0.25, 0.3) is 0 Å². The first kappa shape index (κ1) is 37.3. The topological polar surface area (TPSA) is 238 Å². The number of hydrogen-bond donors (Lipinski definition) is 4. The van der Waals surface area contributed by atoms with Crippen LogP contribution in [0.2, 0.25) is 0 Å². The van der Waals surface area contributed by atoms with Gasteiger partial charge in [-0.25, -0.2) is 14.3 Å². The number of nitrogens with zero attached hydrogens (tertiary/aromatic N) is 4. The van der Waals surface area contributed by atoms with E-state index in [-0.39, 0.29) is 29.4 Å². The maximum atomic E-state index is 12.8. The molecule has 0 saturated heterocycles. The van der Waals surface area contributed by atoms with Crippen molar-refractivity contribution in [3.8, 4) is 6.07 Å². The highest BCUT2D eigenvalue weighted by Gasteiger charge is 2.40. The molecular formula is C32H40N6O10. The normalized spacial score (nSPS) is 14.6. The van der Waals surface area contributed by atoms with Crippen LogP contribution in [0.5, 0.6) is 0 Å². The molecule has 3 rings (SSSR count). The summed E-state index contributed by atoms with van der Waals surface area (Å²) in [5.74, 6) is -4.12. The second kappa shape index (κ2) is 16.6. The summed E-state index contributed by atoms with van der Waals surface area (Å²) >= 11 is 0. The Labute approximate surface area is 276 Å². The van der Waals surface area contributed by atoms with Crippen molar-refractivity contribution in [2.45, 2.75) is 71.3 Å². The maximum absolute atomic E-state index is 12.8. The molecule has 0 radical (unpaired) electrons. The van der Waals surface area contributed by atoms with Crippen LogP contribution in [0, 0.1) is 22.7 Å². The molecule has 0 aliphatic rings. The Morgan fingerprint density at radius 3 is 2.35 bits per heavy atom. The van der Waals surface area contributed by atoms with Crippen molar-refractivity contribution in [1.29, 1.82) is 5.26 Å². The zero-order chi connectivity index (χ0) is 35.6. The number of anilines is 1. The number of ether oxygens (including phenoxy) is 4. The summed E-state index contributed by atoms with van der Waals surface area (Å²) in [6, 6.07) is 12.4. The summed E-state index contributed by atoms with van der Waals surface area (Å²) in [5, 5.41) is 39.1. The van der Waals surface area contributed by atoms with Crippen LogP contribution in [-0.4, -0.2) is 86.6 Å². The van der Waals surface area contributed by atoms with Gasteiger partial charge in [-0.1, -0.05) is 44.2 Å². The summed E-state index contributed by atoms with van der Waals surface area (Å²) in [7, 11) is 0. The summed E-state index contributed by atoms with van der Waals surface area (Å²) in [6.07, 6.45) is -5.46. The lowest BCUT2D eigenvalue weighted by Crippen LogP contribution is -2.49. The third kappa shape index (κ3) is 9.94. The third-order valence-electron chi connectivity index (χ3n) is 7.06. The zero-order valence-corrected chi connectivity index (χ0v) is 27.2. The Morgan fingerprint density at radius 1 is 1.04 bits per heavy atom. The van der Waals surface area contributed by atoms with E-state index in [4.69, 9.17) is 24.7 Å². The van der Waals surface area contributed by atoms with E-state index >= 15 is 0 Å². The minimum Gasteiger partial charge on any atom is -0.463 e. The van der Waals surface area contributed by atoms with Crippen LogP contribution >= 0.6 is 0 Å². The number of nitrogens with one attached hydrogen (secondary N) is 1. The predicted octanol–water partition coefficient (Wildman–Crippen LogP) is 1.83. The average molecular weight is 669 g/mol. The SMILES string of the molecule is CC(C)[C@H](N)C(=O)O[C@H]([C@H](O)COC(=O)Cc1ccccc1)[C@@H](O)C(C#N)c1ccc2c(NC(=O)OCOC(=O)C(C)(C)C)ncnn12. The Kier molecular flexibility index (Phi) is 12.9. The van der Waals surface area contributed by atoms with Crippen molar-refractivity contribution in [2.75, 3.05) is 18.7 Å². The molecule has 0 bridgehead atoms. The number of rotatable bonds is 14. The number of nitriles is 1. The molecule has 5 N–H and O–H groups in total. The molecule has 5 atom stereocenters. The maximum Gasteiger partial charge on any atom is 0.415 e. The number of carbonyl (C=O) groups is 4. The summed E-state index contributed by atoms with van der Waals surface area (Å²) in [4.78, 5) is 53.5. The van der Waals surface area contributed by atoms with Gasteiger partial charge >= 0.3 is 24.0 Å². The summed E-state index contributed by atoms with van der Waals surface area (Å²) in [6.45, 7) is 6.93. The van der Waals surface area contributed by atoms with Crippen molar-refractivity contribution in [3.63, 3.8) is 0 Å². The fourth-order valence-corrected chi connectivity index (χ4v) is 4.23. The lowest BCUT2D eigenvalue weighted by Gasteiger charge is -2.30. The zero-order valence-electron chi connectivity index (χ0n) is 27.2. The highest BCUT2D eigenvalue weighted by Crippen LogP contribution is 2.28. The van der Waals surface area contributed by atoms with E-state index < -0.39 is 73.1 Å². The number of carbonyl (C=O) groups excluding carboxylic acids is 4. The van der Waals surface area contributed by atoms with Crippen molar-refractivity contribution in [3.05, 3.63) is 60.0 Å². The largest absolute Gasteiger partial charge is 0.463 e. The first-order valence-corrected chi connectivity index (χ1v) is 15.0. The van der Waals surface area contributed by atoms with Gasteiger partial charge in [-0.15, -0.1) is 0 Å². The van der Waals surface area contributed by atoms with Gasteiger partial charge in [0.1, 0.15) is 42.6 Å². The fraction of sp³-hybridized carbons (Fsp3) is 0.469. The number of aromatic nitrogens is 3. The molecule has 1 unspecified atom stereocenters. The van der Waals surface area contributed by atoms with E-state index in [0.717, 1.165) is 6.33 Å². The second-order valence-electron chi connectivity index (χ2n) is 12.2. The molecule has 3 aromatic rings. The van der Waals surface area contributed by atoms with Crippen molar-refractivity contribution < 1.29 is 48.3 Å². The van der Waals surface area contributed by atoms with E-state index in [1.54, 1.807) is 65.0 Å². The number of benzene rings is 1. The van der Waals surface area contributed by atoms with Crippen LogP contribution in [-0.2, 0) is 39.8 Å². The summed E-state index contributed by atoms with van der Waals surface area (Å²) in [5.41, 5.74) is 6.05. The molecule has 0 spiro atoms. The van der Waals surface area contributed by atoms with Crippen LogP contribution in [0.1, 0.15) is 51.8 Å². The van der Waals surface area contributed by atoms with E-state index in [9.17, 15) is 34.7 Å². The molecule has 48 heavy (non-hydrogen) atoms. The van der Waals surface area contributed by atoms with Crippen LogP contribution < -0.4 is 11.1 Å². The van der Waals surface area contributed by atoms with Gasteiger partial charge in [-0.05, 0) is 44.4 Å². The van der Waals surface area contributed by atoms with Crippen LogP contribution in [0.15, 0.2) is 48.8 Å². The Hall–Kier alpha value is -5.11. The van der Waals surface area contributed by atoms with Gasteiger partial charge in [0.2, 0.25) is 6.79 Å². The van der Waals surface area contributed by atoms with Gasteiger partial charge in [0.05, 0.1) is 23.6 Å². The van der Waals surface area contributed by atoms with Gasteiger partial charge in [-0.3, -0.25) is 19.7 Å². The van der Waals surface area contributed by atoms with Crippen LogP contribution in [0.3, 0.4) is 0 Å². The molecule has 258 valence electrons. The number of amides is 1. The average Bonchev–Trinajstić information content (AvgIpc) is 3.47. The van der Waals surface area contributed by atoms with Crippen molar-refractivity contribution in [1.82, 2.24) is 14.6 Å². The molecule has 1 aromatic carbocycles. The molecule has 0 aliphatic carbocycles. The second-order valence-corrected chi connectivity index (χ2v) is 12.2. The smallest absolute Gasteiger partial charge is 0.415 e. The van der Waals surface area contributed by atoms with E-state index in [0.29, 0.717) is 5.56 Å². The Morgan fingerprint density at radius 2 is 1.73 bits per heavy atom. The predicted molar refractivity (Wildman–Crippen MR) is 168 cm³/mol. The number of nitrogens with two attached hydrogens (primary N) is 1. The highest BCUT2D eigenvalue weighted by atomic mass is 16.7. The number of esters is 3. The molecular weight excluding hydrogens is 628 g/mol. The summed E-state index contributed by atoms with van der Waals surface area (Å²) < 4.78 is 21.7. The fourth-order valence-electron chi connectivity index (χ4n) is 4.23. The van der Waals surface area contributed by atoms with Crippen molar-refractivity contribution >= 4 is 35.3 Å². The number of aliphatic hydroxyl groups is 2. The van der Waals surface area contributed by atoms with Crippen molar-refractivity contribution in [2.24, 2.45) is 17.1 Å². The monoisotopic (exact) mass is 668 g/mol. The van der Waals surface area contributed by atoms with E-state index in [1.807, 2.05) is 6.07 Å². The number of hydrogen-bond acceptors (Lipinski definition) is 14. The standard InChI is InChI=1S/C32H40N6O10/c1-18(2)25(34)29(42)48-27(23(39)15-45-24(40)13-19-9-7-6-8-10-19)26(41)20(14-33)21-11-12-22-28(35-16-36-38(21)22)37-31(44)47-17-46-30(43)32(3,4)5/h6-12,16,18,20,23,25-27,39,41H,13,15,17,34H2,1-5H3,(H,35,36,37,44)/t20?,23-,25+,26+,27-/m1/s1. The van der Waals surface area contributed by atoms with Gasteiger partial charge in [-0.2, -0.15) is 10.4 Å². The minimum absolute atomic E-state index is 0.0502. The van der Waals surface area contributed by atoms with E-state index in [2.05, 4.69) is 15.4 Å². The Bertz CT molecular complexity index is 1610. The molecule has 16 nitrogen and oxygen atoms in total. The Balaban J connectivity index is 1.81. The lowest BCUT2D eigenvalue weighted by atomic mass is 9.93. The van der Waals surface area contributed by atoms with Crippen LogP contribution in [0.25, 0.3) is 5.52 Å². The molecule has 2 heterocycles. The molecule has 0 saturated carbocycles. The van der Waals surface area contributed by atoms with Gasteiger partial charge in [0, 0.05) is 0 Å². The van der Waals surface area contributed by atoms with Crippen LogP contribution in [0.4, 0.5) is 10.6 Å². The van der Waals surface area contributed by atoms with Gasteiger partial charge in [0.15, 0.2) is 11.9 Å². The first-order valence-electron chi connectivity index (χ1n) is 15.0. The van der Waals surface area contributed by atoms with Gasteiger partial charge < -0.3 is 34.9 Å². The first-order chi connectivity index (χ1) is 22.6. The molecule has 1 amide bonds. The highest BCUT2D eigenvalue weighted by molar-refractivity contribution is 5.88. The minimum atomic E-state index is -1.88. The molecule has 0 aliphatic heterocycles.